The van der Waals surface area contributed by atoms with Crippen LogP contribution in [0.15, 0.2) is 18.2 Å². The molecule has 18 heavy (non-hydrogen) atoms. The lowest BCUT2D eigenvalue weighted by molar-refractivity contribution is -0.147. The maximum atomic E-state index is 13.4. The second-order valence-electron chi connectivity index (χ2n) is 5.41. The monoisotopic (exact) mass is 251 g/mol. The fourth-order valence-electron chi connectivity index (χ4n) is 2.36. The Bertz CT molecular complexity index is 475. The van der Waals surface area contributed by atoms with Gasteiger partial charge in [-0.15, -0.1) is 0 Å². The van der Waals surface area contributed by atoms with Crippen LogP contribution < -0.4 is 0 Å². The summed E-state index contributed by atoms with van der Waals surface area (Å²) in [6.07, 6.45) is 0.649. The highest BCUT2D eigenvalue weighted by atomic mass is 19.1. The molecule has 4 heteroatoms. The minimum absolute atomic E-state index is 0.201. The summed E-state index contributed by atoms with van der Waals surface area (Å²) in [5, 5.41) is 9.15. The highest BCUT2D eigenvalue weighted by Crippen LogP contribution is 2.31. The summed E-state index contributed by atoms with van der Waals surface area (Å²) in [4.78, 5) is 13.2. The van der Waals surface area contributed by atoms with E-state index in [1.54, 1.807) is 19.9 Å². The average Bonchev–Trinajstić information content (AvgIpc) is 2.67. The molecule has 1 atom stereocenters. The second-order valence-corrected chi connectivity index (χ2v) is 5.41. The van der Waals surface area contributed by atoms with Gasteiger partial charge in [0.2, 0.25) is 0 Å². The number of carbonyl (C=O) groups is 1. The molecule has 0 aliphatic carbocycles. The molecule has 1 aromatic rings. The quantitative estimate of drug-likeness (QED) is 0.897. The molecular formula is C14H18FNO2. The van der Waals surface area contributed by atoms with Crippen LogP contribution in [-0.4, -0.2) is 29.1 Å². The second kappa shape index (κ2) is 4.69. The third-order valence-electron chi connectivity index (χ3n) is 3.71. The zero-order valence-corrected chi connectivity index (χ0v) is 10.7. The number of rotatable bonds is 3. The third-order valence-corrected chi connectivity index (χ3v) is 3.71. The number of halogens is 1. The first-order valence-corrected chi connectivity index (χ1v) is 6.11. The lowest BCUT2D eigenvalue weighted by Gasteiger charge is -2.20. The molecule has 2 rings (SSSR count). The number of aliphatic carboxylic acids is 1. The molecule has 1 fully saturated rings. The largest absolute Gasteiger partial charge is 0.481 e. The molecule has 0 bridgehead atoms. The standard InChI is InChI=1S/C14H18FNO2/c1-10-3-4-11(7-12(10)15)8-16-6-5-14(2,9-16)13(17)18/h3-4,7H,5-6,8-9H2,1-2H3,(H,17,18). The van der Waals surface area contributed by atoms with Crippen molar-refractivity contribution >= 4 is 5.97 Å². The molecule has 0 radical (unpaired) electrons. The number of hydrogen-bond acceptors (Lipinski definition) is 2. The molecule has 3 nitrogen and oxygen atoms in total. The summed E-state index contributed by atoms with van der Waals surface area (Å²) in [5.74, 6) is -0.951. The summed E-state index contributed by atoms with van der Waals surface area (Å²) in [6, 6.07) is 5.19. The van der Waals surface area contributed by atoms with Crippen molar-refractivity contribution in [2.75, 3.05) is 13.1 Å². The maximum Gasteiger partial charge on any atom is 0.310 e. The molecule has 1 aliphatic heterocycles. The molecule has 1 aliphatic rings. The van der Waals surface area contributed by atoms with Crippen molar-refractivity contribution in [3.05, 3.63) is 35.1 Å². The molecule has 0 spiro atoms. The third kappa shape index (κ3) is 2.53. The average molecular weight is 251 g/mol. The van der Waals surface area contributed by atoms with Crippen molar-refractivity contribution in [3.63, 3.8) is 0 Å². The number of nitrogens with zero attached hydrogens (tertiary/aromatic N) is 1. The van der Waals surface area contributed by atoms with Gasteiger partial charge in [0.15, 0.2) is 0 Å². The van der Waals surface area contributed by atoms with Crippen LogP contribution in [0.1, 0.15) is 24.5 Å². The van der Waals surface area contributed by atoms with E-state index in [0.29, 0.717) is 25.1 Å². The van der Waals surface area contributed by atoms with Crippen molar-refractivity contribution in [1.29, 1.82) is 0 Å². The number of likely N-dealkylation sites (tertiary alicyclic amines) is 1. The first-order valence-electron chi connectivity index (χ1n) is 6.11. The predicted octanol–water partition coefficient (Wildman–Crippen LogP) is 2.43. The van der Waals surface area contributed by atoms with Crippen molar-refractivity contribution in [2.45, 2.75) is 26.8 Å². The van der Waals surface area contributed by atoms with Gasteiger partial charge in [0.1, 0.15) is 5.82 Å². The van der Waals surface area contributed by atoms with Gasteiger partial charge in [-0.3, -0.25) is 9.69 Å². The fourth-order valence-corrected chi connectivity index (χ4v) is 2.36. The van der Waals surface area contributed by atoms with E-state index in [4.69, 9.17) is 5.11 Å². The molecule has 1 aromatic carbocycles. The summed E-state index contributed by atoms with van der Waals surface area (Å²) >= 11 is 0. The Labute approximate surface area is 106 Å². The number of carboxylic acids is 1. The number of carboxylic acid groups (broad SMARTS) is 1. The molecule has 1 heterocycles. The lowest BCUT2D eigenvalue weighted by Crippen LogP contribution is -2.31. The smallest absolute Gasteiger partial charge is 0.310 e. The Morgan fingerprint density at radius 2 is 2.28 bits per heavy atom. The number of hydrogen-bond donors (Lipinski definition) is 1. The minimum Gasteiger partial charge on any atom is -0.481 e. The zero-order valence-electron chi connectivity index (χ0n) is 10.7. The Hall–Kier alpha value is -1.42. The van der Waals surface area contributed by atoms with Crippen molar-refractivity contribution in [1.82, 2.24) is 4.90 Å². The van der Waals surface area contributed by atoms with Crippen LogP contribution in [0.2, 0.25) is 0 Å². The van der Waals surface area contributed by atoms with Crippen LogP contribution in [0.4, 0.5) is 4.39 Å². The Kier molecular flexibility index (Phi) is 3.39. The molecule has 1 unspecified atom stereocenters. The maximum absolute atomic E-state index is 13.4. The molecule has 0 amide bonds. The Morgan fingerprint density at radius 1 is 1.56 bits per heavy atom. The van der Waals surface area contributed by atoms with Gasteiger partial charge in [0.05, 0.1) is 5.41 Å². The summed E-state index contributed by atoms with van der Waals surface area (Å²) in [6.45, 7) is 5.39. The zero-order chi connectivity index (χ0) is 13.3. The predicted molar refractivity (Wildman–Crippen MR) is 66.8 cm³/mol. The van der Waals surface area contributed by atoms with Gasteiger partial charge >= 0.3 is 5.97 Å². The lowest BCUT2D eigenvalue weighted by atomic mass is 9.90. The van der Waals surface area contributed by atoms with Crippen molar-refractivity contribution in [2.24, 2.45) is 5.41 Å². The van der Waals surface area contributed by atoms with Gasteiger partial charge in [-0.1, -0.05) is 12.1 Å². The van der Waals surface area contributed by atoms with Gasteiger partial charge in [0, 0.05) is 13.1 Å². The Balaban J connectivity index is 2.03. The molecule has 0 aromatic heterocycles. The fraction of sp³-hybridized carbons (Fsp3) is 0.500. The topological polar surface area (TPSA) is 40.5 Å². The van der Waals surface area contributed by atoms with Crippen LogP contribution >= 0.6 is 0 Å². The SMILES string of the molecule is Cc1ccc(CN2CCC(C)(C(=O)O)C2)cc1F. The van der Waals surface area contributed by atoms with Gasteiger partial charge in [0.25, 0.3) is 0 Å². The molecular weight excluding hydrogens is 233 g/mol. The van der Waals surface area contributed by atoms with Crippen LogP contribution in [0.25, 0.3) is 0 Å². The normalized spacial score (nSPS) is 24.4. The summed E-state index contributed by atoms with van der Waals surface area (Å²) in [7, 11) is 0. The number of benzene rings is 1. The summed E-state index contributed by atoms with van der Waals surface area (Å²) in [5.41, 5.74) is 0.867. The van der Waals surface area contributed by atoms with E-state index in [1.165, 1.54) is 6.07 Å². The van der Waals surface area contributed by atoms with Gasteiger partial charge in [-0.25, -0.2) is 4.39 Å². The molecule has 0 saturated carbocycles. The summed E-state index contributed by atoms with van der Waals surface area (Å²) < 4.78 is 13.4. The van der Waals surface area contributed by atoms with E-state index in [0.717, 1.165) is 12.1 Å². The van der Waals surface area contributed by atoms with Crippen LogP contribution in [0.3, 0.4) is 0 Å². The van der Waals surface area contributed by atoms with Crippen LogP contribution in [-0.2, 0) is 11.3 Å². The van der Waals surface area contributed by atoms with Crippen LogP contribution in [0, 0.1) is 18.2 Å². The first-order chi connectivity index (χ1) is 8.40. The van der Waals surface area contributed by atoms with Gasteiger partial charge in [-0.2, -0.15) is 0 Å². The number of aryl methyl sites for hydroxylation is 1. The van der Waals surface area contributed by atoms with Crippen molar-refractivity contribution in [3.8, 4) is 0 Å². The molecule has 1 saturated heterocycles. The van der Waals surface area contributed by atoms with Gasteiger partial charge in [-0.05, 0) is 44.0 Å². The molecule has 98 valence electrons. The van der Waals surface area contributed by atoms with E-state index < -0.39 is 11.4 Å². The van der Waals surface area contributed by atoms with E-state index in [-0.39, 0.29) is 5.82 Å². The van der Waals surface area contributed by atoms with Gasteiger partial charge < -0.3 is 5.11 Å². The minimum atomic E-state index is -0.750. The van der Waals surface area contributed by atoms with E-state index >= 15 is 0 Å². The first kappa shape index (κ1) is 13.0. The van der Waals surface area contributed by atoms with E-state index in [9.17, 15) is 9.18 Å². The van der Waals surface area contributed by atoms with E-state index in [2.05, 4.69) is 4.90 Å². The highest BCUT2D eigenvalue weighted by molar-refractivity contribution is 5.74. The van der Waals surface area contributed by atoms with Crippen LogP contribution in [0.5, 0.6) is 0 Å². The highest BCUT2D eigenvalue weighted by Gasteiger charge is 2.40. The van der Waals surface area contributed by atoms with Crippen molar-refractivity contribution < 1.29 is 14.3 Å². The Morgan fingerprint density at radius 3 is 2.83 bits per heavy atom. The van der Waals surface area contributed by atoms with E-state index in [1.807, 2.05) is 6.07 Å². The molecule has 1 N–H and O–H groups in total.